The van der Waals surface area contributed by atoms with Crippen LogP contribution in [0.15, 0.2) is 0 Å². The number of hydrogen-bond acceptors (Lipinski definition) is 1. The Morgan fingerprint density at radius 3 is 1.57 bits per heavy atom. The quantitative estimate of drug-likeness (QED) is 0.414. The monoisotopic (exact) mass is 249 g/mol. The first-order chi connectivity index (χ1) is 5.98. The van der Waals surface area contributed by atoms with Gasteiger partial charge in [0, 0.05) is 14.1 Å². The summed E-state index contributed by atoms with van der Waals surface area (Å²) in [6.07, 6.45) is 0. The van der Waals surface area contributed by atoms with Gasteiger partial charge >= 0.3 is 0 Å². The molecule has 1 nitrogen and oxygen atoms in total. The third kappa shape index (κ3) is 3.96. The van der Waals surface area contributed by atoms with Gasteiger partial charge in [0.15, 0.2) is 0 Å². The largest absolute Gasteiger partial charge is 0.369 e. The first kappa shape index (κ1) is 14.5. The highest BCUT2D eigenvalue weighted by atomic mass is 32.1. The maximum absolute atomic E-state index is 5.59. The minimum Gasteiger partial charge on any atom is -0.369 e. The van der Waals surface area contributed by atoms with Crippen LogP contribution in [0.2, 0.25) is 19.6 Å². The first-order valence-electron chi connectivity index (χ1n) is 4.99. The minimum absolute atomic E-state index is 0.147. The van der Waals surface area contributed by atoms with Crippen LogP contribution >= 0.6 is 19.7 Å². The Labute approximate surface area is 96.9 Å². The van der Waals surface area contributed by atoms with Crippen molar-refractivity contribution in [2.45, 2.75) is 45.6 Å². The lowest BCUT2D eigenvalue weighted by atomic mass is 10.3. The van der Waals surface area contributed by atoms with E-state index in [2.05, 4.69) is 59.4 Å². The number of nitrogens with zero attached hydrogens (tertiary/aromatic N) is 1. The molecule has 0 heterocycles. The maximum Gasteiger partial charge on any atom is 0.0968 e. The summed E-state index contributed by atoms with van der Waals surface area (Å²) in [7, 11) is 2.83. The molecule has 0 rings (SSSR count). The van der Waals surface area contributed by atoms with Crippen LogP contribution in [0, 0.1) is 0 Å². The van der Waals surface area contributed by atoms with Gasteiger partial charge in [0.2, 0.25) is 0 Å². The molecule has 0 bridgehead atoms. The Bertz CT molecular complexity index is 201. The van der Waals surface area contributed by atoms with Gasteiger partial charge in [-0.2, -0.15) is 0 Å². The summed E-state index contributed by atoms with van der Waals surface area (Å²) in [5, 5.41) is 0.348. The third-order valence-electron chi connectivity index (χ3n) is 1.92. The Morgan fingerprint density at radius 1 is 1.14 bits per heavy atom. The Balaban J connectivity index is 5.05. The molecule has 0 saturated carbocycles. The van der Waals surface area contributed by atoms with Gasteiger partial charge < -0.3 is 4.90 Å². The second-order valence-corrected chi connectivity index (χ2v) is 18.7. The molecule has 0 aliphatic heterocycles. The zero-order chi connectivity index (χ0) is 11.7. The van der Waals surface area contributed by atoms with Crippen molar-refractivity contribution >= 4 is 32.2 Å². The van der Waals surface area contributed by atoms with Crippen LogP contribution in [0.4, 0.5) is 0 Å². The fraction of sp³-hybridized carbons (Fsp3) is 0.900. The van der Waals surface area contributed by atoms with E-state index in [9.17, 15) is 0 Å². The van der Waals surface area contributed by atoms with E-state index in [1.165, 1.54) is 4.73 Å². The molecule has 0 N–H and O–H groups in total. The van der Waals surface area contributed by atoms with Gasteiger partial charge in [-0.05, 0) is 5.16 Å². The molecule has 1 atom stereocenters. The molecule has 0 aromatic carbocycles. The second kappa shape index (κ2) is 4.59. The molecule has 14 heavy (non-hydrogen) atoms. The Kier molecular flexibility index (Phi) is 4.76. The standard InChI is InChI=1S/C10H24NPSSi/c1-10(2,3)12(14(6,7)8)9(13)11(4)5/h1-8H3. The van der Waals surface area contributed by atoms with Gasteiger partial charge in [-0.3, -0.25) is 0 Å². The number of hydrogen-bond donors (Lipinski definition) is 0. The normalized spacial score (nSPS) is 15.1. The predicted molar refractivity (Wildman–Crippen MR) is 76.3 cm³/mol. The van der Waals surface area contributed by atoms with Gasteiger partial charge in [0.25, 0.3) is 0 Å². The van der Waals surface area contributed by atoms with E-state index in [4.69, 9.17) is 12.2 Å². The molecule has 0 saturated heterocycles. The van der Waals surface area contributed by atoms with Crippen molar-refractivity contribution in [3.8, 4) is 0 Å². The molecule has 84 valence electrons. The van der Waals surface area contributed by atoms with E-state index >= 15 is 0 Å². The smallest absolute Gasteiger partial charge is 0.0968 e. The van der Waals surface area contributed by atoms with E-state index in [1.807, 2.05) is 0 Å². The highest BCUT2D eigenvalue weighted by molar-refractivity contribution is 8.15. The molecule has 1 unspecified atom stereocenters. The van der Waals surface area contributed by atoms with E-state index in [0.717, 1.165) is 0 Å². The molecule has 0 spiro atoms. The summed E-state index contributed by atoms with van der Waals surface area (Å²) in [6, 6.07) is 0. The minimum atomic E-state index is -1.17. The molecule has 0 fully saturated rings. The molecule has 0 aliphatic rings. The molecule has 0 amide bonds. The lowest BCUT2D eigenvalue weighted by molar-refractivity contribution is 0.644. The molecule has 0 aromatic heterocycles. The predicted octanol–water partition coefficient (Wildman–Crippen LogP) is 3.95. The zero-order valence-electron chi connectivity index (χ0n) is 10.8. The average Bonchev–Trinajstić information content (AvgIpc) is 1.79. The lowest BCUT2D eigenvalue weighted by Crippen LogP contribution is -2.36. The molecular formula is C10H24NPSSi. The molecule has 0 aromatic rings. The summed E-state index contributed by atoms with van der Waals surface area (Å²) in [4.78, 5) is 2.13. The molecule has 0 aliphatic carbocycles. The van der Waals surface area contributed by atoms with Crippen LogP contribution in [0.25, 0.3) is 0 Å². The molecule has 4 heteroatoms. The summed E-state index contributed by atoms with van der Waals surface area (Å²) >= 11 is 5.59. The lowest BCUT2D eigenvalue weighted by Gasteiger charge is -2.42. The fourth-order valence-corrected chi connectivity index (χ4v) is 17.0. The van der Waals surface area contributed by atoms with Crippen molar-refractivity contribution in [2.24, 2.45) is 0 Å². The summed E-state index contributed by atoms with van der Waals surface area (Å²) in [5.74, 6) is 0. The van der Waals surface area contributed by atoms with Crippen molar-refractivity contribution < 1.29 is 0 Å². The SMILES string of the molecule is CN(C)C(=S)P(C(C)(C)C)[Si](C)(C)C. The van der Waals surface area contributed by atoms with E-state index in [1.54, 1.807) is 0 Å². The van der Waals surface area contributed by atoms with Gasteiger partial charge in [-0.25, -0.2) is 0 Å². The van der Waals surface area contributed by atoms with Crippen LogP contribution in [0.3, 0.4) is 0 Å². The number of rotatable bonds is 2. The van der Waals surface area contributed by atoms with Crippen molar-refractivity contribution in [1.82, 2.24) is 4.90 Å². The van der Waals surface area contributed by atoms with Gasteiger partial charge in [-0.1, -0.05) is 60.1 Å². The van der Waals surface area contributed by atoms with Gasteiger partial charge in [-0.15, -0.1) is 0 Å². The van der Waals surface area contributed by atoms with Crippen LogP contribution in [-0.2, 0) is 0 Å². The van der Waals surface area contributed by atoms with Crippen molar-refractivity contribution in [1.29, 1.82) is 0 Å². The number of thiocarbonyl (C=S) groups is 1. The first-order valence-corrected chi connectivity index (χ1v) is 11.1. The summed E-state index contributed by atoms with van der Waals surface area (Å²) in [5.41, 5.74) is 0. The van der Waals surface area contributed by atoms with Crippen molar-refractivity contribution in [2.75, 3.05) is 14.1 Å². The highest BCUT2D eigenvalue weighted by Gasteiger charge is 2.39. The van der Waals surface area contributed by atoms with Gasteiger partial charge in [0.1, 0.15) is 0 Å². The van der Waals surface area contributed by atoms with Crippen molar-refractivity contribution in [3.05, 3.63) is 0 Å². The summed E-state index contributed by atoms with van der Waals surface area (Å²) < 4.78 is 1.19. The Hall–Kier alpha value is 0.537. The molecular weight excluding hydrogens is 225 g/mol. The van der Waals surface area contributed by atoms with Crippen LogP contribution in [0.5, 0.6) is 0 Å². The van der Waals surface area contributed by atoms with Crippen LogP contribution < -0.4 is 0 Å². The fourth-order valence-electron chi connectivity index (χ4n) is 1.78. The zero-order valence-corrected chi connectivity index (χ0v) is 13.5. The van der Waals surface area contributed by atoms with Crippen molar-refractivity contribution in [3.63, 3.8) is 0 Å². The van der Waals surface area contributed by atoms with Crippen LogP contribution in [-0.4, -0.2) is 36.6 Å². The van der Waals surface area contributed by atoms with E-state index < -0.39 is 7.74 Å². The Morgan fingerprint density at radius 2 is 1.50 bits per heavy atom. The van der Waals surface area contributed by atoms with Crippen LogP contribution in [0.1, 0.15) is 20.8 Å². The third-order valence-corrected chi connectivity index (χ3v) is 13.5. The summed E-state index contributed by atoms with van der Waals surface area (Å²) in [6.45, 7) is 14.3. The van der Waals surface area contributed by atoms with E-state index in [-0.39, 0.29) is 7.47 Å². The van der Waals surface area contributed by atoms with Gasteiger partial charge in [0.05, 0.1) is 12.5 Å². The maximum atomic E-state index is 5.59. The topological polar surface area (TPSA) is 3.24 Å². The second-order valence-electron chi connectivity index (χ2n) is 5.85. The molecule has 0 radical (unpaired) electrons. The average molecular weight is 249 g/mol. The van der Waals surface area contributed by atoms with E-state index in [0.29, 0.717) is 5.16 Å². The highest BCUT2D eigenvalue weighted by Crippen LogP contribution is 2.58.